The standard InChI is InChI=1S/C12H22N2O3/c1-7-5-8(6-7)13-11(17)14-9(10(15)16)12(2,3)4/h7-9H,5-6H2,1-4H3,(H,15,16)(H2,13,14,17)/t7?,8?,9-/m0/s1. The van der Waals surface area contributed by atoms with Gasteiger partial charge >= 0.3 is 12.0 Å². The van der Waals surface area contributed by atoms with Crippen LogP contribution in [0.3, 0.4) is 0 Å². The molecule has 0 saturated heterocycles. The first kappa shape index (κ1) is 13.8. The molecule has 1 rings (SSSR count). The van der Waals surface area contributed by atoms with Gasteiger partial charge in [0.25, 0.3) is 0 Å². The third-order valence-electron chi connectivity index (χ3n) is 3.10. The van der Waals surface area contributed by atoms with Crippen LogP contribution in [-0.2, 0) is 4.79 Å². The second-order valence-corrected chi connectivity index (χ2v) is 6.03. The second-order valence-electron chi connectivity index (χ2n) is 6.03. The lowest BCUT2D eigenvalue weighted by molar-refractivity contribution is -0.141. The van der Waals surface area contributed by atoms with Crippen LogP contribution in [0, 0.1) is 11.3 Å². The first-order valence-electron chi connectivity index (χ1n) is 6.00. The maximum atomic E-state index is 11.6. The first-order chi connectivity index (χ1) is 7.70. The highest BCUT2D eigenvalue weighted by Crippen LogP contribution is 2.26. The Balaban J connectivity index is 2.45. The SMILES string of the molecule is CC1CC(NC(=O)N[C@@H](C(=O)O)C(C)(C)C)C1. The average molecular weight is 242 g/mol. The molecule has 5 nitrogen and oxygen atoms in total. The number of nitrogens with one attached hydrogen (secondary N) is 2. The molecule has 0 radical (unpaired) electrons. The molecule has 98 valence electrons. The van der Waals surface area contributed by atoms with Crippen LogP contribution in [0.1, 0.15) is 40.5 Å². The largest absolute Gasteiger partial charge is 0.480 e. The average Bonchev–Trinajstić information content (AvgIpc) is 2.09. The molecule has 2 amide bonds. The quantitative estimate of drug-likeness (QED) is 0.703. The van der Waals surface area contributed by atoms with Crippen molar-refractivity contribution in [2.45, 2.75) is 52.6 Å². The fourth-order valence-corrected chi connectivity index (χ4v) is 2.03. The van der Waals surface area contributed by atoms with Gasteiger partial charge in [-0.2, -0.15) is 0 Å². The Morgan fingerprint density at radius 3 is 2.18 bits per heavy atom. The molecule has 0 aromatic heterocycles. The normalized spacial score (nSPS) is 25.6. The van der Waals surface area contributed by atoms with Crippen LogP contribution < -0.4 is 10.6 Å². The Kier molecular flexibility index (Phi) is 4.01. The Bertz CT molecular complexity index is 303. The van der Waals surface area contributed by atoms with Gasteiger partial charge in [0.1, 0.15) is 6.04 Å². The number of carboxylic acid groups (broad SMARTS) is 1. The van der Waals surface area contributed by atoms with Gasteiger partial charge in [0.05, 0.1) is 0 Å². The van der Waals surface area contributed by atoms with Crippen molar-refractivity contribution in [1.82, 2.24) is 10.6 Å². The van der Waals surface area contributed by atoms with Crippen LogP contribution in [0.15, 0.2) is 0 Å². The van der Waals surface area contributed by atoms with Gasteiger partial charge in [-0.3, -0.25) is 0 Å². The van der Waals surface area contributed by atoms with Gasteiger partial charge in [0.15, 0.2) is 0 Å². The zero-order valence-corrected chi connectivity index (χ0v) is 10.9. The van der Waals surface area contributed by atoms with Crippen LogP contribution in [0.5, 0.6) is 0 Å². The van der Waals surface area contributed by atoms with E-state index in [9.17, 15) is 9.59 Å². The van der Waals surface area contributed by atoms with E-state index in [4.69, 9.17) is 5.11 Å². The Hall–Kier alpha value is -1.26. The molecule has 1 saturated carbocycles. The molecule has 0 aromatic carbocycles. The number of carbonyl (C=O) groups excluding carboxylic acids is 1. The fraction of sp³-hybridized carbons (Fsp3) is 0.833. The fourth-order valence-electron chi connectivity index (χ4n) is 2.03. The lowest BCUT2D eigenvalue weighted by Crippen LogP contribution is -2.55. The van der Waals surface area contributed by atoms with Crippen LogP contribution in [0.25, 0.3) is 0 Å². The first-order valence-corrected chi connectivity index (χ1v) is 6.00. The Morgan fingerprint density at radius 1 is 1.29 bits per heavy atom. The number of carboxylic acids is 1. The van der Waals surface area contributed by atoms with Gasteiger partial charge in [-0.05, 0) is 24.2 Å². The Labute approximate surface area is 102 Å². The molecule has 0 aromatic rings. The van der Waals surface area contributed by atoms with E-state index in [2.05, 4.69) is 17.6 Å². The number of aliphatic carboxylic acids is 1. The summed E-state index contributed by atoms with van der Waals surface area (Å²) in [6.45, 7) is 7.50. The maximum absolute atomic E-state index is 11.6. The number of carbonyl (C=O) groups is 2. The third-order valence-corrected chi connectivity index (χ3v) is 3.10. The molecule has 0 spiro atoms. The second kappa shape index (κ2) is 4.94. The van der Waals surface area contributed by atoms with E-state index in [0.717, 1.165) is 12.8 Å². The molecular formula is C12H22N2O3. The van der Waals surface area contributed by atoms with Crippen molar-refractivity contribution in [3.8, 4) is 0 Å². The summed E-state index contributed by atoms with van der Waals surface area (Å²) in [5, 5.41) is 14.4. The van der Waals surface area contributed by atoms with Crippen molar-refractivity contribution in [3.05, 3.63) is 0 Å². The van der Waals surface area contributed by atoms with E-state index in [1.165, 1.54) is 0 Å². The third kappa shape index (κ3) is 3.91. The van der Waals surface area contributed by atoms with Crippen LogP contribution >= 0.6 is 0 Å². The summed E-state index contributed by atoms with van der Waals surface area (Å²) in [6.07, 6.45) is 1.95. The van der Waals surface area contributed by atoms with Gasteiger partial charge in [-0.25, -0.2) is 9.59 Å². The summed E-state index contributed by atoms with van der Waals surface area (Å²) < 4.78 is 0. The molecule has 0 heterocycles. The molecule has 1 aliphatic carbocycles. The minimum Gasteiger partial charge on any atom is -0.480 e. The zero-order valence-electron chi connectivity index (χ0n) is 10.9. The van der Waals surface area contributed by atoms with E-state index >= 15 is 0 Å². The summed E-state index contributed by atoms with van der Waals surface area (Å²) in [7, 11) is 0. The minimum atomic E-state index is -1.00. The van der Waals surface area contributed by atoms with Gasteiger partial charge in [0.2, 0.25) is 0 Å². The van der Waals surface area contributed by atoms with Gasteiger partial charge in [-0.1, -0.05) is 27.7 Å². The van der Waals surface area contributed by atoms with Crippen molar-refractivity contribution in [2.75, 3.05) is 0 Å². The summed E-state index contributed by atoms with van der Waals surface area (Å²) >= 11 is 0. The van der Waals surface area contributed by atoms with E-state index in [0.29, 0.717) is 5.92 Å². The lowest BCUT2D eigenvalue weighted by Gasteiger charge is -2.34. The number of rotatable bonds is 3. The lowest BCUT2D eigenvalue weighted by atomic mass is 9.82. The maximum Gasteiger partial charge on any atom is 0.326 e. The molecule has 1 fully saturated rings. The van der Waals surface area contributed by atoms with E-state index in [1.807, 2.05) is 0 Å². The highest BCUT2D eigenvalue weighted by atomic mass is 16.4. The summed E-state index contributed by atoms with van der Waals surface area (Å²) in [5.74, 6) is -0.354. The summed E-state index contributed by atoms with van der Waals surface area (Å²) in [4.78, 5) is 22.7. The van der Waals surface area contributed by atoms with Gasteiger partial charge in [-0.15, -0.1) is 0 Å². The molecule has 17 heavy (non-hydrogen) atoms. The number of hydrogen-bond acceptors (Lipinski definition) is 2. The van der Waals surface area contributed by atoms with E-state index in [1.54, 1.807) is 20.8 Å². The van der Waals surface area contributed by atoms with Crippen LogP contribution in [0.4, 0.5) is 4.79 Å². The molecule has 1 atom stereocenters. The predicted octanol–water partition coefficient (Wildman–Crippen LogP) is 1.58. The molecule has 3 N–H and O–H groups in total. The molecular weight excluding hydrogens is 220 g/mol. The van der Waals surface area contributed by atoms with Crippen molar-refractivity contribution in [3.63, 3.8) is 0 Å². The summed E-state index contributed by atoms with van der Waals surface area (Å²) in [6, 6.07) is -1.07. The predicted molar refractivity (Wildman–Crippen MR) is 64.7 cm³/mol. The molecule has 1 aliphatic rings. The summed E-state index contributed by atoms with van der Waals surface area (Å²) in [5.41, 5.74) is -0.504. The smallest absolute Gasteiger partial charge is 0.326 e. The number of urea groups is 1. The van der Waals surface area contributed by atoms with Crippen molar-refractivity contribution in [1.29, 1.82) is 0 Å². The molecule has 0 bridgehead atoms. The Morgan fingerprint density at radius 2 is 1.82 bits per heavy atom. The van der Waals surface area contributed by atoms with Crippen molar-refractivity contribution < 1.29 is 14.7 Å². The molecule has 0 unspecified atom stereocenters. The van der Waals surface area contributed by atoms with Crippen molar-refractivity contribution >= 4 is 12.0 Å². The number of amides is 2. The molecule has 0 aliphatic heterocycles. The van der Waals surface area contributed by atoms with Crippen LogP contribution in [-0.4, -0.2) is 29.2 Å². The molecule has 5 heteroatoms. The highest BCUT2D eigenvalue weighted by Gasteiger charge is 2.34. The van der Waals surface area contributed by atoms with Gasteiger partial charge < -0.3 is 15.7 Å². The topological polar surface area (TPSA) is 78.4 Å². The monoisotopic (exact) mass is 242 g/mol. The van der Waals surface area contributed by atoms with Gasteiger partial charge in [0, 0.05) is 6.04 Å². The van der Waals surface area contributed by atoms with E-state index in [-0.39, 0.29) is 12.1 Å². The minimum absolute atomic E-state index is 0.194. The number of hydrogen-bond donors (Lipinski definition) is 3. The van der Waals surface area contributed by atoms with Crippen LogP contribution in [0.2, 0.25) is 0 Å². The van der Waals surface area contributed by atoms with E-state index < -0.39 is 17.4 Å². The highest BCUT2D eigenvalue weighted by molar-refractivity contribution is 5.83. The zero-order chi connectivity index (χ0) is 13.2. The van der Waals surface area contributed by atoms with Crippen molar-refractivity contribution in [2.24, 2.45) is 11.3 Å².